The molecule has 0 spiro atoms. The van der Waals surface area contributed by atoms with Crippen molar-refractivity contribution in [3.05, 3.63) is 53.6 Å². The van der Waals surface area contributed by atoms with Crippen molar-refractivity contribution >= 4 is 5.69 Å². The smallest absolute Gasteiger partial charge is 0.166 e. The van der Waals surface area contributed by atoms with Crippen LogP contribution in [0.2, 0.25) is 0 Å². The van der Waals surface area contributed by atoms with Crippen molar-refractivity contribution in [3.63, 3.8) is 0 Å². The summed E-state index contributed by atoms with van der Waals surface area (Å²) >= 11 is 0. The van der Waals surface area contributed by atoms with Crippen molar-refractivity contribution in [3.8, 4) is 11.5 Å². The summed E-state index contributed by atoms with van der Waals surface area (Å²) in [6.45, 7) is 1.23. The molecule has 0 atom stereocenters. The molecule has 0 amide bonds. The minimum atomic E-state index is -0.619. The maximum absolute atomic E-state index is 13.5. The molecule has 0 unspecified atom stereocenters. The van der Waals surface area contributed by atoms with Crippen LogP contribution < -0.4 is 14.8 Å². The fraction of sp³-hybridized carbons (Fsp3) is 0.200. The van der Waals surface area contributed by atoms with E-state index in [-0.39, 0.29) is 12.2 Å². The van der Waals surface area contributed by atoms with Gasteiger partial charge in [-0.25, -0.2) is 8.78 Å². The number of hydrogen-bond donors (Lipinski definition) is 1. The molecule has 0 saturated carbocycles. The minimum absolute atomic E-state index is 0.137. The van der Waals surface area contributed by atoms with Crippen molar-refractivity contribution in [2.24, 2.45) is 0 Å². The summed E-state index contributed by atoms with van der Waals surface area (Å²) in [4.78, 5) is 0. The molecule has 1 aliphatic heterocycles. The average molecular weight is 277 g/mol. The van der Waals surface area contributed by atoms with E-state index in [4.69, 9.17) is 9.47 Å². The van der Waals surface area contributed by atoms with Crippen LogP contribution in [0.25, 0.3) is 0 Å². The number of halogens is 2. The highest BCUT2D eigenvalue weighted by molar-refractivity contribution is 5.51. The van der Waals surface area contributed by atoms with Crippen molar-refractivity contribution in [2.75, 3.05) is 18.5 Å². The molecule has 3 rings (SSSR count). The van der Waals surface area contributed by atoms with E-state index >= 15 is 0 Å². The van der Waals surface area contributed by atoms with Crippen LogP contribution in [0.4, 0.5) is 14.5 Å². The van der Waals surface area contributed by atoms with Crippen molar-refractivity contribution in [1.29, 1.82) is 0 Å². The zero-order valence-electron chi connectivity index (χ0n) is 10.7. The van der Waals surface area contributed by atoms with Gasteiger partial charge in [-0.1, -0.05) is 18.2 Å². The summed E-state index contributed by atoms with van der Waals surface area (Å²) in [5.41, 5.74) is 0.659. The molecule has 3 nitrogen and oxygen atoms in total. The molecule has 2 aromatic carbocycles. The lowest BCUT2D eigenvalue weighted by molar-refractivity contribution is 0.170. The minimum Gasteiger partial charge on any atom is -0.486 e. The Morgan fingerprint density at radius 2 is 1.65 bits per heavy atom. The monoisotopic (exact) mass is 277 g/mol. The van der Waals surface area contributed by atoms with E-state index in [0.717, 1.165) is 5.56 Å². The first-order valence-electron chi connectivity index (χ1n) is 6.31. The molecular weight excluding hydrogens is 264 g/mol. The van der Waals surface area contributed by atoms with Crippen LogP contribution in [0, 0.1) is 11.6 Å². The zero-order chi connectivity index (χ0) is 13.9. The number of fused-ring (bicyclic) bond motifs is 1. The summed E-state index contributed by atoms with van der Waals surface area (Å²) in [6, 6.07) is 9.22. The van der Waals surface area contributed by atoms with Crippen LogP contribution in [-0.4, -0.2) is 13.2 Å². The van der Waals surface area contributed by atoms with Crippen LogP contribution >= 0.6 is 0 Å². The molecule has 0 aromatic heterocycles. The predicted molar refractivity (Wildman–Crippen MR) is 71.1 cm³/mol. The molecule has 0 aliphatic carbocycles. The normalized spacial score (nSPS) is 13.1. The highest BCUT2D eigenvalue weighted by Gasteiger charge is 2.16. The Balaban J connectivity index is 1.82. The molecule has 1 N–H and O–H groups in total. The van der Waals surface area contributed by atoms with E-state index < -0.39 is 11.6 Å². The number of anilines is 1. The molecule has 0 radical (unpaired) electrons. The highest BCUT2D eigenvalue weighted by Crippen LogP contribution is 2.34. The molecule has 0 fully saturated rings. The van der Waals surface area contributed by atoms with Gasteiger partial charge in [0, 0.05) is 12.1 Å². The summed E-state index contributed by atoms with van der Waals surface area (Å²) in [5, 5.41) is 2.76. The lowest BCUT2D eigenvalue weighted by Gasteiger charge is -2.21. The second-order valence-corrected chi connectivity index (χ2v) is 4.39. The number of rotatable bonds is 3. The van der Waals surface area contributed by atoms with Crippen LogP contribution in [0.15, 0.2) is 36.4 Å². The fourth-order valence-electron chi connectivity index (χ4n) is 2.12. The average Bonchev–Trinajstić information content (AvgIpc) is 2.47. The van der Waals surface area contributed by atoms with Crippen LogP contribution in [0.3, 0.4) is 0 Å². The Morgan fingerprint density at radius 1 is 0.950 bits per heavy atom. The van der Waals surface area contributed by atoms with Crippen LogP contribution in [0.1, 0.15) is 5.56 Å². The third kappa shape index (κ3) is 2.39. The summed E-state index contributed by atoms with van der Waals surface area (Å²) in [7, 11) is 0. The molecule has 104 valence electrons. The van der Waals surface area contributed by atoms with Crippen molar-refractivity contribution in [1.82, 2.24) is 0 Å². The topological polar surface area (TPSA) is 30.5 Å². The van der Waals surface area contributed by atoms with Gasteiger partial charge in [0.15, 0.2) is 11.5 Å². The Morgan fingerprint density at radius 3 is 2.45 bits per heavy atom. The van der Waals surface area contributed by atoms with Crippen molar-refractivity contribution < 1.29 is 18.3 Å². The number of ether oxygens (including phenoxy) is 2. The molecule has 5 heteroatoms. The van der Waals surface area contributed by atoms with Gasteiger partial charge in [0.05, 0.1) is 0 Å². The van der Waals surface area contributed by atoms with E-state index in [2.05, 4.69) is 5.32 Å². The van der Waals surface area contributed by atoms with E-state index in [1.165, 1.54) is 18.2 Å². The Hall–Kier alpha value is -2.30. The molecule has 0 bridgehead atoms. The standard InChI is InChI=1S/C15H13F2NO2/c16-11-4-2-5-12(17)14(11)18-9-10-3-1-6-13-15(10)20-8-7-19-13/h1-6,18H,7-9H2. The third-order valence-electron chi connectivity index (χ3n) is 3.07. The molecular formula is C15H13F2NO2. The van der Waals surface area contributed by atoms with Gasteiger partial charge >= 0.3 is 0 Å². The molecule has 1 heterocycles. The van der Waals surface area contributed by atoms with Crippen LogP contribution in [0.5, 0.6) is 11.5 Å². The Kier molecular flexibility index (Phi) is 3.41. The molecule has 1 aliphatic rings. The summed E-state index contributed by atoms with van der Waals surface area (Å²) in [5.74, 6) is 0.0477. The molecule has 20 heavy (non-hydrogen) atoms. The first-order valence-corrected chi connectivity index (χ1v) is 6.31. The lowest BCUT2D eigenvalue weighted by Crippen LogP contribution is -2.17. The summed E-state index contributed by atoms with van der Waals surface area (Å²) in [6.07, 6.45) is 0. The maximum atomic E-state index is 13.5. The molecule has 2 aromatic rings. The van der Waals surface area contributed by atoms with E-state index in [1.807, 2.05) is 18.2 Å². The first kappa shape index (κ1) is 12.7. The van der Waals surface area contributed by atoms with Gasteiger partial charge in [-0.15, -0.1) is 0 Å². The van der Waals surface area contributed by atoms with E-state index in [1.54, 1.807) is 0 Å². The largest absolute Gasteiger partial charge is 0.486 e. The van der Waals surface area contributed by atoms with E-state index in [9.17, 15) is 8.78 Å². The fourth-order valence-corrected chi connectivity index (χ4v) is 2.12. The van der Waals surface area contributed by atoms with Gasteiger partial charge in [-0.3, -0.25) is 0 Å². The number of nitrogens with one attached hydrogen (secondary N) is 1. The van der Waals surface area contributed by atoms with Gasteiger partial charge in [0.2, 0.25) is 0 Å². The van der Waals surface area contributed by atoms with Gasteiger partial charge in [0.25, 0.3) is 0 Å². The second kappa shape index (κ2) is 5.36. The summed E-state index contributed by atoms with van der Waals surface area (Å²) < 4.78 is 38.1. The van der Waals surface area contributed by atoms with Gasteiger partial charge in [-0.2, -0.15) is 0 Å². The first-order chi connectivity index (χ1) is 9.75. The van der Waals surface area contributed by atoms with Gasteiger partial charge in [-0.05, 0) is 18.2 Å². The van der Waals surface area contributed by atoms with Gasteiger partial charge in [0.1, 0.15) is 30.5 Å². The van der Waals surface area contributed by atoms with Crippen molar-refractivity contribution in [2.45, 2.75) is 6.54 Å². The Labute approximate surface area is 115 Å². The third-order valence-corrected chi connectivity index (χ3v) is 3.07. The van der Waals surface area contributed by atoms with E-state index in [0.29, 0.717) is 24.7 Å². The molecule has 0 saturated heterocycles. The predicted octanol–water partition coefficient (Wildman–Crippen LogP) is 3.35. The zero-order valence-corrected chi connectivity index (χ0v) is 10.7. The maximum Gasteiger partial charge on any atom is 0.166 e. The quantitative estimate of drug-likeness (QED) is 0.933. The lowest BCUT2D eigenvalue weighted by atomic mass is 10.1. The SMILES string of the molecule is Fc1cccc(F)c1NCc1cccc2c1OCCO2. The number of para-hydroxylation sites is 2. The number of benzene rings is 2. The highest BCUT2D eigenvalue weighted by atomic mass is 19.1. The van der Waals surface area contributed by atoms with Gasteiger partial charge < -0.3 is 14.8 Å². The van der Waals surface area contributed by atoms with Crippen LogP contribution in [-0.2, 0) is 6.54 Å². The second-order valence-electron chi connectivity index (χ2n) is 4.39. The number of hydrogen-bond acceptors (Lipinski definition) is 3. The Bertz CT molecular complexity index is 611.